The molecule has 2 fully saturated rings. The molecule has 0 amide bonds. The van der Waals surface area contributed by atoms with E-state index in [9.17, 15) is 18.5 Å². The fourth-order valence-corrected chi connectivity index (χ4v) is 9.77. The number of fused-ring (bicyclic) bond motifs is 1. The molecule has 2 aliphatic rings. The molecular weight excluding hydrogens is 416 g/mol. The normalized spacial score (nSPS) is 27.2. The van der Waals surface area contributed by atoms with Gasteiger partial charge in [-0.25, -0.2) is 8.42 Å². The monoisotopic (exact) mass is 444 g/mol. The van der Waals surface area contributed by atoms with Crippen molar-refractivity contribution in [2.45, 2.75) is 54.9 Å². The van der Waals surface area contributed by atoms with Crippen molar-refractivity contribution < 1.29 is 13.3 Å². The molecule has 0 aromatic heterocycles. The van der Waals surface area contributed by atoms with Crippen LogP contribution in [-0.4, -0.2) is 38.3 Å². The number of hydrogen-bond acceptors (Lipinski definition) is 4. The van der Waals surface area contributed by atoms with Crippen LogP contribution < -0.4 is 0 Å². The first kappa shape index (κ1) is 21.2. The van der Waals surface area contributed by atoms with Gasteiger partial charge in [-0.05, 0) is 35.6 Å². The summed E-state index contributed by atoms with van der Waals surface area (Å²) in [4.78, 5) is 10.6. The minimum Gasteiger partial charge on any atom is -0.258 e. The van der Waals surface area contributed by atoms with Crippen molar-refractivity contribution in [3.05, 3.63) is 70.3 Å². The number of nitrogens with zero attached hydrogens (tertiary/aromatic N) is 2. The van der Waals surface area contributed by atoms with Crippen molar-refractivity contribution in [2.24, 2.45) is 5.92 Å². The number of nitro groups is 1. The second-order valence-corrected chi connectivity index (χ2v) is 16.9. The van der Waals surface area contributed by atoms with Crippen LogP contribution in [-0.2, 0) is 10.0 Å². The highest BCUT2D eigenvalue weighted by atomic mass is 32.2. The first-order valence-corrected chi connectivity index (χ1v) is 15.4. The van der Waals surface area contributed by atoms with Crippen LogP contribution in [0.4, 0.5) is 5.69 Å². The fraction of sp³-hybridized carbons (Fsp3) is 0.455. The van der Waals surface area contributed by atoms with Crippen molar-refractivity contribution in [3.63, 3.8) is 0 Å². The summed E-state index contributed by atoms with van der Waals surface area (Å²) in [7, 11) is -5.32. The Morgan fingerprint density at radius 1 is 1.00 bits per heavy atom. The SMILES string of the molecule is C[Si](C)(C)[C@@H]1CC[C@@H]2[C@H]1N(S(=O)(=O)c1ccc([N+](=O)[O-])cc1)C[C@H]2c1ccccc1. The van der Waals surface area contributed by atoms with Crippen molar-refractivity contribution >= 4 is 23.8 Å². The zero-order chi connectivity index (χ0) is 21.7. The van der Waals surface area contributed by atoms with E-state index in [-0.39, 0.29) is 22.5 Å². The lowest BCUT2D eigenvalue weighted by atomic mass is 9.86. The highest BCUT2D eigenvalue weighted by Gasteiger charge is 2.56. The number of non-ortho nitro benzene ring substituents is 1. The molecule has 160 valence electrons. The highest BCUT2D eigenvalue weighted by molar-refractivity contribution is 7.89. The van der Waals surface area contributed by atoms with Crippen LogP contribution in [0, 0.1) is 16.0 Å². The zero-order valence-electron chi connectivity index (χ0n) is 17.6. The van der Waals surface area contributed by atoms with Crippen LogP contribution in [0.1, 0.15) is 24.3 Å². The molecule has 1 heterocycles. The van der Waals surface area contributed by atoms with Gasteiger partial charge < -0.3 is 0 Å². The maximum atomic E-state index is 13.7. The molecule has 4 atom stereocenters. The molecule has 0 bridgehead atoms. The third-order valence-corrected chi connectivity index (χ3v) is 11.6. The smallest absolute Gasteiger partial charge is 0.258 e. The molecule has 0 radical (unpaired) electrons. The van der Waals surface area contributed by atoms with Crippen LogP contribution in [0.3, 0.4) is 0 Å². The second-order valence-electron chi connectivity index (χ2n) is 9.55. The molecule has 6 nitrogen and oxygen atoms in total. The van der Waals surface area contributed by atoms with Crippen molar-refractivity contribution in [1.29, 1.82) is 0 Å². The highest BCUT2D eigenvalue weighted by Crippen LogP contribution is 2.55. The summed E-state index contributed by atoms with van der Waals surface area (Å²) in [5, 5.41) is 11.0. The minimum absolute atomic E-state index is 0.00191. The Balaban J connectivity index is 1.75. The third-order valence-electron chi connectivity index (χ3n) is 6.88. The van der Waals surface area contributed by atoms with Crippen LogP contribution in [0.25, 0.3) is 0 Å². The number of benzene rings is 2. The Kier molecular flexibility index (Phi) is 5.36. The van der Waals surface area contributed by atoms with Gasteiger partial charge >= 0.3 is 0 Å². The van der Waals surface area contributed by atoms with E-state index in [1.54, 1.807) is 4.31 Å². The fourth-order valence-electron chi connectivity index (χ4n) is 5.45. The molecule has 1 aliphatic carbocycles. The Morgan fingerprint density at radius 2 is 1.63 bits per heavy atom. The summed E-state index contributed by atoms with van der Waals surface area (Å²) in [6, 6.07) is 15.5. The lowest BCUT2D eigenvalue weighted by molar-refractivity contribution is -0.384. The minimum atomic E-state index is -3.74. The Bertz CT molecular complexity index is 1040. The molecule has 4 rings (SSSR count). The largest absolute Gasteiger partial charge is 0.269 e. The topological polar surface area (TPSA) is 80.5 Å². The molecule has 0 unspecified atom stereocenters. The number of hydrogen-bond donors (Lipinski definition) is 0. The lowest BCUT2D eigenvalue weighted by Gasteiger charge is -2.35. The van der Waals surface area contributed by atoms with Crippen LogP contribution in [0.5, 0.6) is 0 Å². The van der Waals surface area contributed by atoms with Gasteiger partial charge in [0.1, 0.15) is 0 Å². The first-order valence-electron chi connectivity index (χ1n) is 10.4. The number of sulfonamides is 1. The maximum absolute atomic E-state index is 13.7. The average molecular weight is 445 g/mol. The van der Waals surface area contributed by atoms with Gasteiger partial charge in [-0.15, -0.1) is 0 Å². The molecule has 30 heavy (non-hydrogen) atoms. The molecule has 0 spiro atoms. The predicted molar refractivity (Wildman–Crippen MR) is 120 cm³/mol. The van der Waals surface area contributed by atoms with Gasteiger partial charge in [0.2, 0.25) is 10.0 Å². The van der Waals surface area contributed by atoms with Gasteiger partial charge in [0.15, 0.2) is 0 Å². The van der Waals surface area contributed by atoms with Crippen LogP contribution >= 0.6 is 0 Å². The van der Waals surface area contributed by atoms with Crippen LogP contribution in [0.2, 0.25) is 25.2 Å². The van der Waals surface area contributed by atoms with E-state index in [4.69, 9.17) is 0 Å². The van der Waals surface area contributed by atoms with E-state index in [1.165, 1.54) is 29.8 Å². The summed E-state index contributed by atoms with van der Waals surface area (Å²) < 4.78 is 29.1. The first-order chi connectivity index (χ1) is 14.1. The molecule has 1 saturated heterocycles. The predicted octanol–water partition coefficient (Wildman–Crippen LogP) is 4.87. The van der Waals surface area contributed by atoms with Crippen molar-refractivity contribution in [3.8, 4) is 0 Å². The number of nitro benzene ring substituents is 1. The summed E-state index contributed by atoms with van der Waals surface area (Å²) >= 11 is 0. The van der Waals surface area contributed by atoms with Gasteiger partial charge in [-0.1, -0.05) is 56.4 Å². The summed E-state index contributed by atoms with van der Waals surface area (Å²) in [5.74, 6) is 0.502. The van der Waals surface area contributed by atoms with E-state index < -0.39 is 23.0 Å². The zero-order valence-corrected chi connectivity index (χ0v) is 19.4. The second kappa shape index (κ2) is 7.58. The third kappa shape index (κ3) is 3.61. The van der Waals surface area contributed by atoms with Crippen molar-refractivity contribution in [1.82, 2.24) is 4.31 Å². The molecule has 1 aliphatic heterocycles. The van der Waals surface area contributed by atoms with Gasteiger partial charge in [0, 0.05) is 38.7 Å². The van der Waals surface area contributed by atoms with Crippen molar-refractivity contribution in [2.75, 3.05) is 6.54 Å². The van der Waals surface area contributed by atoms with Gasteiger partial charge in [-0.2, -0.15) is 4.31 Å². The Morgan fingerprint density at radius 3 is 2.20 bits per heavy atom. The summed E-state index contributed by atoms with van der Waals surface area (Å²) in [5.41, 5.74) is 1.51. The van der Waals surface area contributed by atoms with E-state index >= 15 is 0 Å². The Labute approximate surface area is 179 Å². The van der Waals surface area contributed by atoms with E-state index in [0.29, 0.717) is 18.0 Å². The molecular formula is C22H28N2O4SSi. The van der Waals surface area contributed by atoms with Gasteiger partial charge in [-0.3, -0.25) is 10.1 Å². The summed E-state index contributed by atoms with van der Waals surface area (Å²) in [6.07, 6.45) is 2.12. The standard InChI is InChI=1S/C22H28N2O4SSi/c1-30(2,3)21-14-13-19-20(16-7-5-4-6-8-16)15-23(22(19)21)29(27,28)18-11-9-17(10-12-18)24(25)26/h4-12,19-22H,13-15H2,1-3H3/t19-,20-,21+,22+/m0/s1. The quantitative estimate of drug-likeness (QED) is 0.374. The lowest BCUT2D eigenvalue weighted by Crippen LogP contribution is -2.44. The molecule has 0 N–H and O–H groups in total. The summed E-state index contributed by atoms with van der Waals surface area (Å²) in [6.45, 7) is 7.45. The maximum Gasteiger partial charge on any atom is 0.269 e. The Hall–Kier alpha value is -2.03. The molecule has 2 aromatic rings. The van der Waals surface area contributed by atoms with Crippen LogP contribution in [0.15, 0.2) is 59.5 Å². The molecule has 8 heteroatoms. The molecule has 1 saturated carbocycles. The van der Waals surface area contributed by atoms with Gasteiger partial charge in [0.05, 0.1) is 9.82 Å². The van der Waals surface area contributed by atoms with E-state index in [0.717, 1.165) is 12.8 Å². The van der Waals surface area contributed by atoms with E-state index in [2.05, 4.69) is 31.8 Å². The molecule has 2 aromatic carbocycles. The number of rotatable bonds is 5. The average Bonchev–Trinajstić information content (AvgIpc) is 3.29. The van der Waals surface area contributed by atoms with Gasteiger partial charge in [0.25, 0.3) is 5.69 Å². The van der Waals surface area contributed by atoms with E-state index in [1.807, 2.05) is 18.2 Å².